The van der Waals surface area contributed by atoms with E-state index in [4.69, 9.17) is 5.73 Å². The second-order valence-corrected chi connectivity index (χ2v) is 7.78. The molecule has 1 aliphatic heterocycles. The number of nitrogens with two attached hydrogens (primary N) is 1. The van der Waals surface area contributed by atoms with E-state index in [0.29, 0.717) is 18.0 Å². The van der Waals surface area contributed by atoms with Gasteiger partial charge >= 0.3 is 0 Å². The fourth-order valence-electron chi connectivity index (χ4n) is 3.68. The molecule has 24 heavy (non-hydrogen) atoms. The van der Waals surface area contributed by atoms with Crippen LogP contribution in [0.5, 0.6) is 0 Å². The molecule has 1 saturated heterocycles. The standard InChI is InChI=1S/C17H26N4O2S/c18-15(22)13(9-11-5-2-1-3-6-11)20-16(23)14-10-24-17(21-14)12-7-4-8-19-12/h10-13,19H,1-9H2,(H2,18,22)(H,20,23). The number of primary amides is 1. The van der Waals surface area contributed by atoms with Crippen molar-refractivity contribution in [2.45, 2.75) is 63.5 Å². The molecule has 2 fully saturated rings. The van der Waals surface area contributed by atoms with E-state index >= 15 is 0 Å². The normalized spacial score (nSPS) is 23.1. The Morgan fingerprint density at radius 2 is 2.08 bits per heavy atom. The molecule has 2 aliphatic rings. The summed E-state index contributed by atoms with van der Waals surface area (Å²) in [6, 6.07) is -0.346. The first-order valence-electron chi connectivity index (χ1n) is 8.92. The molecule has 6 nitrogen and oxygen atoms in total. The monoisotopic (exact) mass is 350 g/mol. The molecule has 2 heterocycles. The van der Waals surface area contributed by atoms with Crippen molar-refractivity contribution < 1.29 is 9.59 Å². The van der Waals surface area contributed by atoms with E-state index in [1.54, 1.807) is 5.38 Å². The van der Waals surface area contributed by atoms with E-state index in [1.807, 2.05) is 0 Å². The summed E-state index contributed by atoms with van der Waals surface area (Å²) in [4.78, 5) is 28.6. The molecule has 0 aromatic carbocycles. The first-order chi connectivity index (χ1) is 11.6. The lowest BCUT2D eigenvalue weighted by Gasteiger charge is -2.25. The van der Waals surface area contributed by atoms with Gasteiger partial charge in [-0.05, 0) is 31.7 Å². The van der Waals surface area contributed by atoms with Gasteiger partial charge in [0.25, 0.3) is 5.91 Å². The highest BCUT2D eigenvalue weighted by Gasteiger charge is 2.26. The third-order valence-corrected chi connectivity index (χ3v) is 6.01. The van der Waals surface area contributed by atoms with Crippen LogP contribution < -0.4 is 16.4 Å². The predicted octanol–water partition coefficient (Wildman–Crippen LogP) is 2.12. The van der Waals surface area contributed by atoms with Crippen molar-refractivity contribution in [2.24, 2.45) is 11.7 Å². The molecule has 0 spiro atoms. The van der Waals surface area contributed by atoms with Crippen molar-refractivity contribution in [3.63, 3.8) is 0 Å². The minimum absolute atomic E-state index is 0.255. The Morgan fingerprint density at radius 1 is 1.29 bits per heavy atom. The average Bonchev–Trinajstić information content (AvgIpc) is 3.26. The van der Waals surface area contributed by atoms with Crippen molar-refractivity contribution in [1.29, 1.82) is 0 Å². The molecule has 1 aliphatic carbocycles. The van der Waals surface area contributed by atoms with Crippen molar-refractivity contribution in [1.82, 2.24) is 15.6 Å². The molecule has 1 aromatic heterocycles. The Balaban J connectivity index is 1.59. The zero-order chi connectivity index (χ0) is 16.9. The predicted molar refractivity (Wildman–Crippen MR) is 93.7 cm³/mol. The fraction of sp³-hybridized carbons (Fsp3) is 0.706. The third-order valence-electron chi connectivity index (χ3n) is 5.06. The summed E-state index contributed by atoms with van der Waals surface area (Å²) in [5.74, 6) is -0.276. The molecule has 1 saturated carbocycles. The molecule has 2 unspecified atom stereocenters. The summed E-state index contributed by atoms with van der Waals surface area (Å²) in [6.45, 7) is 0.997. The summed E-state index contributed by atoms with van der Waals surface area (Å²) in [6.07, 6.45) is 8.74. The highest BCUT2D eigenvalue weighted by molar-refractivity contribution is 7.09. The van der Waals surface area contributed by atoms with Crippen LogP contribution in [0, 0.1) is 5.92 Å². The zero-order valence-corrected chi connectivity index (χ0v) is 14.7. The number of hydrogen-bond donors (Lipinski definition) is 3. The van der Waals surface area contributed by atoms with E-state index in [1.165, 1.54) is 30.6 Å². The molecule has 7 heteroatoms. The van der Waals surface area contributed by atoms with Gasteiger partial charge in [-0.2, -0.15) is 0 Å². The van der Waals surface area contributed by atoms with Crippen LogP contribution in [0.25, 0.3) is 0 Å². The first kappa shape index (κ1) is 17.4. The highest BCUT2D eigenvalue weighted by atomic mass is 32.1. The quantitative estimate of drug-likeness (QED) is 0.732. The van der Waals surface area contributed by atoms with E-state index in [2.05, 4.69) is 15.6 Å². The van der Waals surface area contributed by atoms with Crippen LogP contribution in [0.4, 0.5) is 0 Å². The maximum atomic E-state index is 12.4. The maximum Gasteiger partial charge on any atom is 0.271 e. The summed E-state index contributed by atoms with van der Waals surface area (Å²) in [7, 11) is 0. The van der Waals surface area contributed by atoms with E-state index in [0.717, 1.165) is 37.2 Å². The van der Waals surface area contributed by atoms with Crippen molar-refractivity contribution >= 4 is 23.2 Å². The number of rotatable bonds is 6. The van der Waals surface area contributed by atoms with Gasteiger partial charge in [-0.25, -0.2) is 4.98 Å². The first-order valence-corrected chi connectivity index (χ1v) is 9.80. The second kappa shape index (κ2) is 8.07. The SMILES string of the molecule is NC(=O)C(CC1CCCCC1)NC(=O)c1csc(C2CCCN2)n1. The molecule has 3 rings (SSSR count). The summed E-state index contributed by atoms with van der Waals surface area (Å²) < 4.78 is 0. The van der Waals surface area contributed by atoms with Crippen LogP contribution in [0.3, 0.4) is 0 Å². The number of nitrogens with one attached hydrogen (secondary N) is 2. The van der Waals surface area contributed by atoms with Crippen LogP contribution in [0.15, 0.2) is 5.38 Å². The van der Waals surface area contributed by atoms with Crippen LogP contribution in [-0.4, -0.2) is 29.4 Å². The molecule has 4 N–H and O–H groups in total. The smallest absolute Gasteiger partial charge is 0.271 e. The Bertz CT molecular complexity index is 577. The Labute approximate surface area is 146 Å². The van der Waals surface area contributed by atoms with Gasteiger partial charge in [0, 0.05) is 5.38 Å². The third kappa shape index (κ3) is 4.33. The van der Waals surface area contributed by atoms with E-state index < -0.39 is 11.9 Å². The van der Waals surface area contributed by atoms with Gasteiger partial charge in [0.2, 0.25) is 5.91 Å². The zero-order valence-electron chi connectivity index (χ0n) is 13.9. The highest BCUT2D eigenvalue weighted by Crippen LogP contribution is 2.28. The minimum atomic E-state index is -0.602. The van der Waals surface area contributed by atoms with Crippen molar-refractivity contribution in [2.75, 3.05) is 6.54 Å². The number of thiazole rings is 1. The van der Waals surface area contributed by atoms with E-state index in [9.17, 15) is 9.59 Å². The summed E-state index contributed by atoms with van der Waals surface area (Å²) >= 11 is 1.50. The molecule has 2 atom stereocenters. The molecule has 0 radical (unpaired) electrons. The second-order valence-electron chi connectivity index (χ2n) is 6.89. The number of hydrogen-bond acceptors (Lipinski definition) is 5. The average molecular weight is 350 g/mol. The van der Waals surface area contributed by atoms with Gasteiger partial charge in [-0.1, -0.05) is 32.1 Å². The molecule has 132 valence electrons. The maximum absolute atomic E-state index is 12.4. The largest absolute Gasteiger partial charge is 0.368 e. The minimum Gasteiger partial charge on any atom is -0.368 e. The number of nitrogens with zero attached hydrogens (tertiary/aromatic N) is 1. The van der Waals surface area contributed by atoms with Gasteiger partial charge in [0.1, 0.15) is 16.7 Å². The molecule has 2 amide bonds. The number of aromatic nitrogens is 1. The van der Waals surface area contributed by atoms with Crippen LogP contribution in [-0.2, 0) is 4.79 Å². The lowest BCUT2D eigenvalue weighted by atomic mass is 9.84. The molecule has 1 aromatic rings. The lowest BCUT2D eigenvalue weighted by Crippen LogP contribution is -2.45. The summed E-state index contributed by atoms with van der Waals surface area (Å²) in [5.41, 5.74) is 5.89. The summed E-state index contributed by atoms with van der Waals surface area (Å²) in [5, 5.41) is 8.89. The molecular weight excluding hydrogens is 324 g/mol. The number of carbonyl (C=O) groups is 2. The van der Waals surface area contributed by atoms with Gasteiger partial charge in [-0.3, -0.25) is 9.59 Å². The van der Waals surface area contributed by atoms with Gasteiger partial charge in [-0.15, -0.1) is 11.3 Å². The fourth-order valence-corrected chi connectivity index (χ4v) is 4.59. The molecule has 0 bridgehead atoms. The lowest BCUT2D eigenvalue weighted by molar-refractivity contribution is -0.120. The van der Waals surface area contributed by atoms with Gasteiger partial charge in [0.05, 0.1) is 6.04 Å². The van der Waals surface area contributed by atoms with Gasteiger partial charge in [0.15, 0.2) is 0 Å². The Morgan fingerprint density at radius 3 is 2.75 bits per heavy atom. The van der Waals surface area contributed by atoms with E-state index in [-0.39, 0.29) is 11.9 Å². The van der Waals surface area contributed by atoms with Gasteiger partial charge < -0.3 is 16.4 Å². The Kier molecular flexibility index (Phi) is 5.84. The van der Waals surface area contributed by atoms with Crippen LogP contribution in [0.1, 0.15) is 72.9 Å². The van der Waals surface area contributed by atoms with Crippen molar-refractivity contribution in [3.8, 4) is 0 Å². The topological polar surface area (TPSA) is 97.1 Å². The molecular formula is C17H26N4O2S. The Hall–Kier alpha value is -1.47. The number of amides is 2. The van der Waals surface area contributed by atoms with Crippen LogP contribution in [0.2, 0.25) is 0 Å². The number of carbonyl (C=O) groups excluding carboxylic acids is 2. The van der Waals surface area contributed by atoms with Crippen LogP contribution >= 0.6 is 11.3 Å². The van der Waals surface area contributed by atoms with Crippen molar-refractivity contribution in [3.05, 3.63) is 16.1 Å².